The minimum Gasteiger partial charge on any atom is -0.351 e. The smallest absolute Gasteiger partial charge is 0.253 e. The molecule has 17 heavy (non-hydrogen) atoms. The minimum absolute atomic E-state index is 0.0972. The molecule has 1 aromatic rings. The molecule has 94 valence electrons. The number of benzene rings is 1. The van der Waals surface area contributed by atoms with E-state index in [1.165, 1.54) is 0 Å². The van der Waals surface area contributed by atoms with Crippen molar-refractivity contribution in [2.45, 2.75) is 27.2 Å². The third-order valence-electron chi connectivity index (χ3n) is 3.01. The number of hydrazine groups is 1. The van der Waals surface area contributed by atoms with Crippen molar-refractivity contribution in [1.82, 2.24) is 5.32 Å². The fourth-order valence-corrected chi connectivity index (χ4v) is 1.35. The van der Waals surface area contributed by atoms with Crippen LogP contribution in [0.15, 0.2) is 24.3 Å². The van der Waals surface area contributed by atoms with Gasteiger partial charge in [-0.15, -0.1) is 0 Å². The van der Waals surface area contributed by atoms with Gasteiger partial charge in [0.25, 0.3) is 5.91 Å². The molecule has 0 aliphatic heterocycles. The number of carbonyl (C=O) groups excluding carboxylic acids is 1. The monoisotopic (exact) mass is 235 g/mol. The molecule has 4 N–H and O–H groups in total. The van der Waals surface area contributed by atoms with E-state index in [1.807, 2.05) is 12.1 Å². The molecule has 0 saturated heterocycles. The van der Waals surface area contributed by atoms with E-state index < -0.39 is 0 Å². The highest BCUT2D eigenvalue weighted by Gasteiger charge is 2.17. The molecular weight excluding hydrogens is 214 g/mol. The van der Waals surface area contributed by atoms with Gasteiger partial charge in [-0.05, 0) is 24.0 Å². The maximum Gasteiger partial charge on any atom is 0.253 e. The van der Waals surface area contributed by atoms with E-state index in [0.717, 1.165) is 6.42 Å². The molecule has 0 fully saturated rings. The quantitative estimate of drug-likeness (QED) is 0.541. The lowest BCUT2D eigenvalue weighted by molar-refractivity contribution is 0.0936. The number of nitrogens with one attached hydrogen (secondary N) is 2. The third-order valence-corrected chi connectivity index (χ3v) is 3.01. The average Bonchev–Trinajstić information content (AvgIpc) is 2.36. The number of nitrogens with two attached hydrogens (primary N) is 1. The number of amides is 1. The zero-order valence-electron chi connectivity index (χ0n) is 10.7. The summed E-state index contributed by atoms with van der Waals surface area (Å²) in [7, 11) is 0. The second-order valence-electron chi connectivity index (χ2n) is 4.89. The zero-order chi connectivity index (χ0) is 12.9. The Kier molecular flexibility index (Phi) is 4.52. The first kappa shape index (κ1) is 13.5. The molecule has 1 rings (SSSR count). The molecule has 0 aromatic heterocycles. The lowest BCUT2D eigenvalue weighted by Crippen LogP contribution is -2.34. The van der Waals surface area contributed by atoms with E-state index in [2.05, 4.69) is 31.5 Å². The lowest BCUT2D eigenvalue weighted by atomic mass is 9.90. The first-order chi connectivity index (χ1) is 8.00. The molecule has 0 unspecified atom stereocenters. The van der Waals surface area contributed by atoms with E-state index in [0.29, 0.717) is 17.8 Å². The van der Waals surface area contributed by atoms with Gasteiger partial charge in [0.1, 0.15) is 0 Å². The third kappa shape index (κ3) is 3.75. The van der Waals surface area contributed by atoms with E-state index >= 15 is 0 Å². The molecule has 0 atom stereocenters. The van der Waals surface area contributed by atoms with Crippen LogP contribution in [0.1, 0.15) is 37.6 Å². The van der Waals surface area contributed by atoms with Gasteiger partial charge in [0.05, 0.1) is 11.3 Å². The van der Waals surface area contributed by atoms with Crippen LogP contribution in [-0.2, 0) is 0 Å². The summed E-state index contributed by atoms with van der Waals surface area (Å²) in [6, 6.07) is 7.19. The molecule has 0 aliphatic carbocycles. The van der Waals surface area contributed by atoms with Gasteiger partial charge in [0.15, 0.2) is 0 Å². The Morgan fingerprint density at radius 2 is 2.00 bits per heavy atom. The van der Waals surface area contributed by atoms with Crippen LogP contribution in [0.4, 0.5) is 5.69 Å². The largest absolute Gasteiger partial charge is 0.351 e. The van der Waals surface area contributed by atoms with Crippen molar-refractivity contribution in [3.8, 4) is 0 Å². The first-order valence-electron chi connectivity index (χ1n) is 5.84. The van der Waals surface area contributed by atoms with E-state index in [4.69, 9.17) is 5.84 Å². The van der Waals surface area contributed by atoms with Crippen LogP contribution in [-0.4, -0.2) is 12.5 Å². The molecule has 1 aromatic carbocycles. The summed E-state index contributed by atoms with van der Waals surface area (Å²) in [6.45, 7) is 7.02. The molecule has 0 aliphatic rings. The number of nitrogen functional groups attached to an aromatic ring is 1. The Bertz CT molecular complexity index is 388. The van der Waals surface area contributed by atoms with Crippen molar-refractivity contribution in [3.63, 3.8) is 0 Å². The van der Waals surface area contributed by atoms with Crippen molar-refractivity contribution in [1.29, 1.82) is 0 Å². The molecule has 0 radical (unpaired) electrons. The summed E-state index contributed by atoms with van der Waals surface area (Å²) >= 11 is 0. The Balaban J connectivity index is 2.70. The minimum atomic E-state index is -0.0972. The van der Waals surface area contributed by atoms with E-state index in [9.17, 15) is 4.79 Å². The molecular formula is C13H21N3O. The predicted octanol–water partition coefficient (Wildman–Crippen LogP) is 2.14. The molecule has 0 bridgehead atoms. The number of hydrogen-bond acceptors (Lipinski definition) is 3. The topological polar surface area (TPSA) is 67.2 Å². The summed E-state index contributed by atoms with van der Waals surface area (Å²) in [5.41, 5.74) is 3.85. The second kappa shape index (κ2) is 5.68. The van der Waals surface area contributed by atoms with E-state index in [-0.39, 0.29) is 11.3 Å². The Labute approximate surface area is 103 Å². The Morgan fingerprint density at radius 1 is 1.35 bits per heavy atom. The molecule has 0 saturated carbocycles. The van der Waals surface area contributed by atoms with Crippen LogP contribution in [0.2, 0.25) is 0 Å². The summed E-state index contributed by atoms with van der Waals surface area (Å²) in [6.07, 6.45) is 1.02. The van der Waals surface area contributed by atoms with Crippen molar-refractivity contribution in [2.24, 2.45) is 11.3 Å². The Morgan fingerprint density at radius 3 is 2.59 bits per heavy atom. The maximum atomic E-state index is 12.0. The van der Waals surface area contributed by atoms with Crippen LogP contribution in [0, 0.1) is 5.41 Å². The van der Waals surface area contributed by atoms with Gasteiger partial charge < -0.3 is 10.7 Å². The van der Waals surface area contributed by atoms with Crippen LogP contribution >= 0.6 is 0 Å². The SMILES string of the molecule is CCC(C)(C)CNC(=O)c1ccccc1NN. The average molecular weight is 235 g/mol. The van der Waals surface area contributed by atoms with Crippen molar-refractivity contribution < 1.29 is 4.79 Å². The fraction of sp³-hybridized carbons (Fsp3) is 0.462. The summed E-state index contributed by atoms with van der Waals surface area (Å²) in [5, 5.41) is 2.93. The maximum absolute atomic E-state index is 12.0. The number of hydrogen-bond donors (Lipinski definition) is 3. The summed E-state index contributed by atoms with van der Waals surface area (Å²) in [4.78, 5) is 12.0. The summed E-state index contributed by atoms with van der Waals surface area (Å²) in [5.74, 6) is 5.27. The van der Waals surface area contributed by atoms with Crippen molar-refractivity contribution >= 4 is 11.6 Å². The molecule has 4 nitrogen and oxygen atoms in total. The first-order valence-corrected chi connectivity index (χ1v) is 5.84. The predicted molar refractivity (Wildman–Crippen MR) is 70.7 cm³/mol. The number of carbonyl (C=O) groups is 1. The number of anilines is 1. The molecule has 0 heterocycles. The molecule has 4 heteroatoms. The second-order valence-corrected chi connectivity index (χ2v) is 4.89. The van der Waals surface area contributed by atoms with Gasteiger partial charge >= 0.3 is 0 Å². The summed E-state index contributed by atoms with van der Waals surface area (Å²) < 4.78 is 0. The van der Waals surface area contributed by atoms with Gasteiger partial charge in [0.2, 0.25) is 0 Å². The normalized spacial score (nSPS) is 11.1. The lowest BCUT2D eigenvalue weighted by Gasteiger charge is -2.23. The van der Waals surface area contributed by atoms with Crippen molar-refractivity contribution in [3.05, 3.63) is 29.8 Å². The highest BCUT2D eigenvalue weighted by Crippen LogP contribution is 2.19. The Hall–Kier alpha value is -1.55. The van der Waals surface area contributed by atoms with Gasteiger partial charge in [-0.3, -0.25) is 10.6 Å². The van der Waals surface area contributed by atoms with Crippen molar-refractivity contribution in [2.75, 3.05) is 12.0 Å². The fourth-order valence-electron chi connectivity index (χ4n) is 1.35. The van der Waals surface area contributed by atoms with Gasteiger partial charge in [0, 0.05) is 6.54 Å². The zero-order valence-corrected chi connectivity index (χ0v) is 10.7. The number of para-hydroxylation sites is 1. The number of rotatable bonds is 5. The highest BCUT2D eigenvalue weighted by atomic mass is 16.1. The van der Waals surface area contributed by atoms with Crippen LogP contribution < -0.4 is 16.6 Å². The molecule has 0 spiro atoms. The van der Waals surface area contributed by atoms with Gasteiger partial charge in [-0.1, -0.05) is 32.9 Å². The molecule has 1 amide bonds. The van der Waals surface area contributed by atoms with E-state index in [1.54, 1.807) is 12.1 Å². The van der Waals surface area contributed by atoms with Crippen LogP contribution in [0.3, 0.4) is 0 Å². The van der Waals surface area contributed by atoms with Crippen LogP contribution in [0.5, 0.6) is 0 Å². The van der Waals surface area contributed by atoms with Gasteiger partial charge in [-0.25, -0.2) is 0 Å². The standard InChI is InChI=1S/C13H21N3O/c1-4-13(2,3)9-15-12(17)10-7-5-6-8-11(10)16-14/h5-8,16H,4,9,14H2,1-3H3,(H,15,17). The van der Waals surface area contributed by atoms with Gasteiger partial charge in [-0.2, -0.15) is 0 Å². The van der Waals surface area contributed by atoms with Crippen LogP contribution in [0.25, 0.3) is 0 Å². The highest BCUT2D eigenvalue weighted by molar-refractivity contribution is 5.99.